The molecule has 0 amide bonds. The molecule has 0 aliphatic rings. The highest BCUT2D eigenvalue weighted by Crippen LogP contribution is 2.28. The van der Waals surface area contributed by atoms with E-state index >= 15 is 0 Å². The highest BCUT2D eigenvalue weighted by atomic mass is 16.4. The quantitative estimate of drug-likeness (QED) is 0.300. The molecule has 0 radical (unpaired) electrons. The van der Waals surface area contributed by atoms with Gasteiger partial charge in [0.15, 0.2) is 0 Å². The van der Waals surface area contributed by atoms with Gasteiger partial charge in [-0.15, -0.1) is 0 Å². The van der Waals surface area contributed by atoms with E-state index in [2.05, 4.69) is 18.7 Å². The lowest BCUT2D eigenvalue weighted by atomic mass is 9.79. The molecule has 0 bridgehead atoms. The van der Waals surface area contributed by atoms with E-state index in [9.17, 15) is 0 Å². The van der Waals surface area contributed by atoms with Crippen LogP contribution in [0.4, 0.5) is 0 Å². The van der Waals surface area contributed by atoms with E-state index in [0.717, 1.165) is 30.5 Å². The van der Waals surface area contributed by atoms with E-state index in [1.54, 1.807) is 0 Å². The fraction of sp³-hybridized carbons (Fsp3) is 0.727. The predicted octanol–water partition coefficient (Wildman–Crippen LogP) is 3.61. The van der Waals surface area contributed by atoms with Crippen LogP contribution in [-0.4, -0.2) is 10.9 Å². The Morgan fingerprint density at radius 3 is 2.31 bits per heavy atom. The first-order valence-electron chi connectivity index (χ1n) is 4.84. The van der Waals surface area contributed by atoms with Crippen molar-refractivity contribution in [3.63, 3.8) is 0 Å². The van der Waals surface area contributed by atoms with Crippen molar-refractivity contribution in [3.05, 3.63) is 12.2 Å². The van der Waals surface area contributed by atoms with Crippen LogP contribution in [0, 0.1) is 5.41 Å². The summed E-state index contributed by atoms with van der Waals surface area (Å²) in [7, 11) is 0. The summed E-state index contributed by atoms with van der Waals surface area (Å²) < 4.78 is 0. The van der Waals surface area contributed by atoms with Crippen LogP contribution >= 0.6 is 0 Å². The smallest absolute Gasteiger partial charge is 0.0666 e. The third-order valence-electron chi connectivity index (χ3n) is 2.68. The monoisotopic (exact) mass is 183 g/mol. The number of nitrogens with zero attached hydrogens (tertiary/aromatic N) is 1. The summed E-state index contributed by atoms with van der Waals surface area (Å²) in [6.07, 6.45) is 3.04. The lowest BCUT2D eigenvalue weighted by Crippen LogP contribution is -2.25. The Bertz CT molecular complexity index is 204. The molecule has 0 aromatic carbocycles. The van der Waals surface area contributed by atoms with Gasteiger partial charge in [0.2, 0.25) is 0 Å². The maximum atomic E-state index is 8.88. The van der Waals surface area contributed by atoms with E-state index in [4.69, 9.17) is 5.21 Å². The number of unbranched alkanes of at least 4 members (excludes halogenated alkanes) is 1. The summed E-state index contributed by atoms with van der Waals surface area (Å²) in [4.78, 5) is 0. The van der Waals surface area contributed by atoms with Gasteiger partial charge in [-0.1, -0.05) is 44.5 Å². The lowest BCUT2D eigenvalue weighted by molar-refractivity contribution is 0.309. The van der Waals surface area contributed by atoms with Crippen LogP contribution in [0.5, 0.6) is 0 Å². The predicted molar refractivity (Wildman–Crippen MR) is 57.3 cm³/mol. The molecule has 0 unspecified atom stereocenters. The van der Waals surface area contributed by atoms with Crippen LogP contribution in [0.3, 0.4) is 0 Å². The molecule has 2 nitrogen and oxygen atoms in total. The zero-order valence-corrected chi connectivity index (χ0v) is 9.22. The molecular weight excluding hydrogens is 162 g/mol. The van der Waals surface area contributed by atoms with Gasteiger partial charge in [-0.05, 0) is 19.8 Å². The molecule has 0 aliphatic carbocycles. The molecule has 0 aliphatic heterocycles. The maximum Gasteiger partial charge on any atom is 0.0666 e. The van der Waals surface area contributed by atoms with Crippen LogP contribution in [0.25, 0.3) is 0 Å². The average Bonchev–Trinajstić information content (AvgIpc) is 2.05. The standard InChI is InChI=1S/C11H21NO/c1-6-7-8-10(12-13)11(4,5)9(2)3/h13H,2,6-8H2,1,3-5H3/b12-10+. The summed E-state index contributed by atoms with van der Waals surface area (Å²) in [5.41, 5.74) is 1.70. The number of allylic oxidation sites excluding steroid dienone is 1. The Morgan fingerprint density at radius 1 is 1.46 bits per heavy atom. The molecule has 0 saturated heterocycles. The van der Waals surface area contributed by atoms with Crippen molar-refractivity contribution in [1.29, 1.82) is 0 Å². The summed E-state index contributed by atoms with van der Waals surface area (Å²) in [5, 5.41) is 12.3. The van der Waals surface area contributed by atoms with Crippen LogP contribution in [-0.2, 0) is 0 Å². The summed E-state index contributed by atoms with van der Waals surface area (Å²) in [5.74, 6) is 0. The van der Waals surface area contributed by atoms with Crippen molar-refractivity contribution in [3.8, 4) is 0 Å². The third-order valence-corrected chi connectivity index (χ3v) is 2.68. The first-order valence-corrected chi connectivity index (χ1v) is 4.84. The van der Waals surface area contributed by atoms with Gasteiger partial charge in [0, 0.05) is 5.41 Å². The normalized spacial score (nSPS) is 13.1. The van der Waals surface area contributed by atoms with E-state index in [1.807, 2.05) is 20.8 Å². The van der Waals surface area contributed by atoms with Crippen LogP contribution in [0.2, 0.25) is 0 Å². The first kappa shape index (κ1) is 12.2. The number of hydrogen-bond acceptors (Lipinski definition) is 2. The van der Waals surface area contributed by atoms with Gasteiger partial charge in [-0.2, -0.15) is 0 Å². The molecule has 0 rings (SSSR count). The molecule has 76 valence electrons. The molecule has 0 saturated carbocycles. The van der Waals surface area contributed by atoms with Crippen molar-refractivity contribution >= 4 is 5.71 Å². The molecule has 0 spiro atoms. The molecule has 13 heavy (non-hydrogen) atoms. The second kappa shape index (κ2) is 5.05. The van der Waals surface area contributed by atoms with Gasteiger partial charge in [0.05, 0.1) is 5.71 Å². The summed E-state index contributed by atoms with van der Waals surface area (Å²) in [6, 6.07) is 0. The van der Waals surface area contributed by atoms with E-state index in [-0.39, 0.29) is 5.41 Å². The van der Waals surface area contributed by atoms with Crippen LogP contribution < -0.4 is 0 Å². The van der Waals surface area contributed by atoms with E-state index < -0.39 is 0 Å². The number of oxime groups is 1. The van der Waals surface area contributed by atoms with Crippen molar-refractivity contribution < 1.29 is 5.21 Å². The fourth-order valence-electron chi connectivity index (χ4n) is 1.08. The van der Waals surface area contributed by atoms with Crippen molar-refractivity contribution in [2.45, 2.75) is 47.0 Å². The summed E-state index contributed by atoms with van der Waals surface area (Å²) >= 11 is 0. The molecule has 1 N–H and O–H groups in total. The molecule has 0 fully saturated rings. The Hall–Kier alpha value is -0.790. The third kappa shape index (κ3) is 3.21. The second-order valence-electron chi connectivity index (χ2n) is 4.06. The van der Waals surface area contributed by atoms with Crippen molar-refractivity contribution in [2.24, 2.45) is 10.6 Å². The Kier molecular flexibility index (Phi) is 4.74. The highest BCUT2D eigenvalue weighted by molar-refractivity contribution is 5.91. The Labute approximate surface area is 81.3 Å². The zero-order valence-electron chi connectivity index (χ0n) is 9.22. The molecule has 0 aromatic rings. The van der Waals surface area contributed by atoms with Crippen molar-refractivity contribution in [1.82, 2.24) is 0 Å². The van der Waals surface area contributed by atoms with Gasteiger partial charge in [-0.25, -0.2) is 0 Å². The Morgan fingerprint density at radius 2 is 2.00 bits per heavy atom. The van der Waals surface area contributed by atoms with E-state index in [1.165, 1.54) is 0 Å². The maximum absolute atomic E-state index is 8.88. The average molecular weight is 183 g/mol. The lowest BCUT2D eigenvalue weighted by Gasteiger charge is -2.26. The highest BCUT2D eigenvalue weighted by Gasteiger charge is 2.25. The second-order valence-corrected chi connectivity index (χ2v) is 4.06. The fourth-order valence-corrected chi connectivity index (χ4v) is 1.08. The molecule has 2 heteroatoms. The minimum Gasteiger partial charge on any atom is -0.411 e. The van der Waals surface area contributed by atoms with Gasteiger partial charge in [-0.3, -0.25) is 0 Å². The van der Waals surface area contributed by atoms with Gasteiger partial charge in [0.1, 0.15) is 0 Å². The molecule has 0 aromatic heterocycles. The minimum absolute atomic E-state index is 0.177. The summed E-state index contributed by atoms with van der Waals surface area (Å²) in [6.45, 7) is 12.1. The number of rotatable bonds is 5. The minimum atomic E-state index is -0.177. The Balaban J connectivity index is 4.49. The zero-order chi connectivity index (χ0) is 10.5. The number of hydrogen-bond donors (Lipinski definition) is 1. The first-order chi connectivity index (χ1) is 5.96. The molecule has 0 atom stereocenters. The molecule has 0 heterocycles. The SMILES string of the molecule is C=C(C)C(C)(C)/C(CCCC)=N/O. The van der Waals surface area contributed by atoms with Gasteiger partial charge >= 0.3 is 0 Å². The largest absolute Gasteiger partial charge is 0.411 e. The van der Waals surface area contributed by atoms with E-state index in [0.29, 0.717) is 0 Å². The van der Waals surface area contributed by atoms with Crippen LogP contribution in [0.15, 0.2) is 17.3 Å². The topological polar surface area (TPSA) is 32.6 Å². The van der Waals surface area contributed by atoms with Gasteiger partial charge < -0.3 is 5.21 Å². The van der Waals surface area contributed by atoms with Crippen molar-refractivity contribution in [2.75, 3.05) is 0 Å². The van der Waals surface area contributed by atoms with Gasteiger partial charge in [0.25, 0.3) is 0 Å². The molecular formula is C11H21NO. The van der Waals surface area contributed by atoms with Crippen LogP contribution in [0.1, 0.15) is 47.0 Å².